The van der Waals surface area contributed by atoms with Gasteiger partial charge >= 0.3 is 5.97 Å². The van der Waals surface area contributed by atoms with Crippen molar-refractivity contribution in [2.24, 2.45) is 4.99 Å². The summed E-state index contributed by atoms with van der Waals surface area (Å²) in [5.41, 5.74) is 6.19. The highest BCUT2D eigenvalue weighted by molar-refractivity contribution is 7.15. The van der Waals surface area contributed by atoms with Crippen LogP contribution in [0.15, 0.2) is 71.9 Å². The number of aromatic nitrogens is 4. The summed E-state index contributed by atoms with van der Waals surface area (Å²) in [4.78, 5) is 46.2. The SMILES string of the molecule is Cc1sc2c(c1C)C(c1ccc(Cl)cc1)=N[C@@H](CC(=O)NCCOCCOCCOCCOCCC(=O)NCCOc1ccc(-c3cc4c(C(=O)O)c[nH]c4cc3Cl)cc1)c1nnc(C)n1-2. The summed E-state index contributed by atoms with van der Waals surface area (Å²) < 4.78 is 30.1. The number of carboxylic acid groups (broad SMARTS) is 1. The molecule has 0 spiro atoms. The molecule has 1 aliphatic heterocycles. The van der Waals surface area contributed by atoms with Crippen LogP contribution in [0.4, 0.5) is 0 Å². The molecule has 0 fully saturated rings. The number of carboxylic acids is 1. The monoisotopic (exact) mass is 959 g/mol. The van der Waals surface area contributed by atoms with Gasteiger partial charge in [-0.05, 0) is 68.3 Å². The number of amides is 2. The number of carbonyl (C=O) groups excluding carboxylic acids is 2. The van der Waals surface area contributed by atoms with Crippen LogP contribution in [0.1, 0.15) is 62.5 Å². The Morgan fingerprint density at radius 3 is 2.12 bits per heavy atom. The molecule has 66 heavy (non-hydrogen) atoms. The zero-order chi connectivity index (χ0) is 46.6. The van der Waals surface area contributed by atoms with Crippen LogP contribution in [0.3, 0.4) is 0 Å². The van der Waals surface area contributed by atoms with Crippen molar-refractivity contribution in [1.82, 2.24) is 30.4 Å². The van der Waals surface area contributed by atoms with Crippen LogP contribution in [-0.4, -0.2) is 121 Å². The van der Waals surface area contributed by atoms with E-state index in [1.54, 1.807) is 35.6 Å². The van der Waals surface area contributed by atoms with E-state index in [-0.39, 0.29) is 43.4 Å². The van der Waals surface area contributed by atoms with Gasteiger partial charge in [0.25, 0.3) is 0 Å². The van der Waals surface area contributed by atoms with E-state index in [0.29, 0.717) is 97.4 Å². The number of hydrogen-bond donors (Lipinski definition) is 4. The van der Waals surface area contributed by atoms with E-state index < -0.39 is 12.0 Å². The lowest BCUT2D eigenvalue weighted by molar-refractivity contribution is -0.123. The second kappa shape index (κ2) is 23.2. The maximum atomic E-state index is 13.2. The van der Waals surface area contributed by atoms with Gasteiger partial charge in [-0.2, -0.15) is 0 Å². The van der Waals surface area contributed by atoms with Crippen molar-refractivity contribution in [2.75, 3.05) is 72.6 Å². The number of fused-ring (bicyclic) bond motifs is 4. The maximum Gasteiger partial charge on any atom is 0.337 e. The molecule has 19 heteroatoms. The van der Waals surface area contributed by atoms with Gasteiger partial charge in [0.2, 0.25) is 11.8 Å². The number of H-pyrrole nitrogens is 1. The van der Waals surface area contributed by atoms with Gasteiger partial charge < -0.3 is 44.4 Å². The third-order valence-corrected chi connectivity index (χ3v) is 12.5. The maximum absolute atomic E-state index is 13.2. The normalized spacial score (nSPS) is 13.2. The minimum Gasteiger partial charge on any atom is -0.492 e. The molecule has 2 amide bonds. The van der Waals surface area contributed by atoms with Gasteiger partial charge in [-0.15, -0.1) is 21.5 Å². The third-order valence-electron chi connectivity index (χ3n) is 10.8. The van der Waals surface area contributed by atoms with Crippen molar-refractivity contribution in [1.29, 1.82) is 0 Å². The Hall–Kier alpha value is -5.66. The van der Waals surface area contributed by atoms with Crippen molar-refractivity contribution in [3.8, 4) is 21.9 Å². The molecular weight excluding hydrogens is 910 g/mol. The summed E-state index contributed by atoms with van der Waals surface area (Å²) in [6, 6.07) is 17.8. The number of aromatic carboxylic acids is 1. The number of carbonyl (C=O) groups is 3. The molecule has 0 radical (unpaired) electrons. The first kappa shape index (κ1) is 48.3. The van der Waals surface area contributed by atoms with Gasteiger partial charge in [0.1, 0.15) is 29.2 Å². The molecule has 6 aromatic rings. The quantitative estimate of drug-likeness (QED) is 0.0439. The predicted molar refractivity (Wildman–Crippen MR) is 253 cm³/mol. The summed E-state index contributed by atoms with van der Waals surface area (Å²) in [6.45, 7) is 9.83. The van der Waals surface area contributed by atoms with Crippen LogP contribution in [0.25, 0.3) is 27.0 Å². The number of rotatable bonds is 24. The fourth-order valence-electron chi connectivity index (χ4n) is 7.29. The first-order chi connectivity index (χ1) is 32.0. The van der Waals surface area contributed by atoms with Gasteiger partial charge in [-0.25, -0.2) is 4.79 Å². The lowest BCUT2D eigenvalue weighted by Crippen LogP contribution is -2.29. The Balaban J connectivity index is 0.697. The summed E-state index contributed by atoms with van der Waals surface area (Å²) in [7, 11) is 0. The number of benzene rings is 3. The van der Waals surface area contributed by atoms with Crippen LogP contribution in [0.2, 0.25) is 10.0 Å². The van der Waals surface area contributed by atoms with Gasteiger partial charge in [-0.1, -0.05) is 47.5 Å². The van der Waals surface area contributed by atoms with Crippen LogP contribution < -0.4 is 15.4 Å². The van der Waals surface area contributed by atoms with Crippen LogP contribution in [0.5, 0.6) is 5.75 Å². The molecule has 3 aromatic carbocycles. The Bertz CT molecular complexity index is 2660. The summed E-state index contributed by atoms with van der Waals surface area (Å²) in [6.07, 6.45) is 1.75. The number of nitrogens with zero attached hydrogens (tertiary/aromatic N) is 4. The molecule has 3 aromatic heterocycles. The molecule has 0 saturated carbocycles. The van der Waals surface area contributed by atoms with Gasteiger partial charge in [0, 0.05) is 56.7 Å². The van der Waals surface area contributed by atoms with Gasteiger partial charge in [0.15, 0.2) is 5.82 Å². The van der Waals surface area contributed by atoms with Crippen LogP contribution in [-0.2, 0) is 28.5 Å². The number of aliphatic imine (C=N–C) groups is 1. The van der Waals surface area contributed by atoms with E-state index in [9.17, 15) is 19.5 Å². The van der Waals surface area contributed by atoms with Crippen molar-refractivity contribution in [2.45, 2.75) is 39.7 Å². The van der Waals surface area contributed by atoms with Crippen molar-refractivity contribution in [3.63, 3.8) is 0 Å². The molecule has 0 aliphatic carbocycles. The largest absolute Gasteiger partial charge is 0.492 e. The molecule has 16 nitrogen and oxygen atoms in total. The van der Waals surface area contributed by atoms with Gasteiger partial charge in [-0.3, -0.25) is 19.1 Å². The van der Waals surface area contributed by atoms with Crippen LogP contribution in [0, 0.1) is 20.8 Å². The van der Waals surface area contributed by atoms with Gasteiger partial charge in [0.05, 0.1) is 82.1 Å². The molecule has 348 valence electrons. The number of aromatic amines is 1. The highest BCUT2D eigenvalue weighted by atomic mass is 35.5. The Kier molecular flexibility index (Phi) is 17.0. The first-order valence-electron chi connectivity index (χ1n) is 21.5. The Morgan fingerprint density at radius 1 is 0.788 bits per heavy atom. The van der Waals surface area contributed by atoms with E-state index >= 15 is 0 Å². The van der Waals surface area contributed by atoms with Crippen molar-refractivity contribution in [3.05, 3.63) is 116 Å². The molecule has 0 saturated heterocycles. The van der Waals surface area contributed by atoms with Crippen molar-refractivity contribution >= 4 is 68.9 Å². The van der Waals surface area contributed by atoms with E-state index in [4.69, 9.17) is 51.9 Å². The number of nitrogens with one attached hydrogen (secondary N) is 3. The summed E-state index contributed by atoms with van der Waals surface area (Å²) in [5.74, 6) is 0.629. The highest BCUT2D eigenvalue weighted by Crippen LogP contribution is 2.40. The number of ether oxygens (including phenoxy) is 5. The predicted octanol–water partition coefficient (Wildman–Crippen LogP) is 7.46. The van der Waals surface area contributed by atoms with Crippen LogP contribution >= 0.6 is 34.5 Å². The topological polar surface area (TPSA) is 201 Å². The molecule has 1 aliphatic rings. The molecule has 4 heterocycles. The molecule has 0 bridgehead atoms. The Labute approximate surface area is 395 Å². The minimum atomic E-state index is -1.02. The first-order valence-corrected chi connectivity index (χ1v) is 23.0. The fourth-order valence-corrected chi connectivity index (χ4v) is 8.90. The van der Waals surface area contributed by atoms with E-state index in [1.165, 1.54) is 11.1 Å². The van der Waals surface area contributed by atoms with Crippen molar-refractivity contribution < 1.29 is 43.2 Å². The zero-order valence-corrected chi connectivity index (χ0v) is 39.1. The molecule has 7 rings (SSSR count). The average Bonchev–Trinajstić information content (AvgIpc) is 3.96. The molecule has 1 atom stereocenters. The summed E-state index contributed by atoms with van der Waals surface area (Å²) in [5, 5.41) is 26.7. The highest BCUT2D eigenvalue weighted by Gasteiger charge is 2.32. The number of halogens is 2. The smallest absolute Gasteiger partial charge is 0.337 e. The lowest BCUT2D eigenvalue weighted by atomic mass is 9.99. The second-order valence-electron chi connectivity index (χ2n) is 15.3. The average molecular weight is 961 g/mol. The standard InChI is InChI=1S/C47H51Cl2N7O9S/c1-28-29(2)66-46-43(28)44(32-4-8-33(48)9-5-32)53-40(45-55-54-30(3)56(45)46)26-42(58)51-13-16-62-19-21-64-23-22-63-20-18-61-15-12-41(57)50-14-17-65-34-10-6-31(7-11-34)35-24-36-37(47(59)60)27-52-39(36)25-38(35)49/h4-11,24-25,27,40,52H,12-23,26H2,1-3H3,(H,50,57)(H,51,58)(H,59,60)/t40-/m0/s1. The minimum absolute atomic E-state index is 0.0919. The molecule has 4 N–H and O–H groups in total. The lowest BCUT2D eigenvalue weighted by Gasteiger charge is -2.13. The summed E-state index contributed by atoms with van der Waals surface area (Å²) >= 11 is 14.4. The van der Waals surface area contributed by atoms with E-state index in [0.717, 1.165) is 38.8 Å². The molecular formula is C47H51Cl2N7O9S. The molecule has 0 unspecified atom stereocenters. The number of hydrogen-bond acceptors (Lipinski definition) is 12. The number of thiophene rings is 1. The zero-order valence-electron chi connectivity index (χ0n) is 36.8. The second-order valence-corrected chi connectivity index (χ2v) is 17.3. The number of aryl methyl sites for hydroxylation is 2. The fraction of sp³-hybridized carbons (Fsp3) is 0.362. The van der Waals surface area contributed by atoms with E-state index in [2.05, 4.69) is 39.7 Å². The third kappa shape index (κ3) is 12.2. The van der Waals surface area contributed by atoms with E-state index in [1.807, 2.05) is 47.9 Å². The Morgan fingerprint density at radius 2 is 1.42 bits per heavy atom.